The summed E-state index contributed by atoms with van der Waals surface area (Å²) in [6.45, 7) is 6.21. The van der Waals surface area contributed by atoms with Crippen molar-refractivity contribution in [3.63, 3.8) is 0 Å². The average Bonchev–Trinajstić information content (AvgIpc) is 2.85. The number of para-hydroxylation sites is 1. The summed E-state index contributed by atoms with van der Waals surface area (Å²) in [7, 11) is -4.52. The van der Waals surface area contributed by atoms with Crippen molar-refractivity contribution < 1.29 is 27.5 Å². The summed E-state index contributed by atoms with van der Waals surface area (Å²) in [6, 6.07) is 15.7. The molecule has 0 aliphatic rings. The number of hydrogen-bond acceptors (Lipinski definition) is 8. The zero-order chi connectivity index (χ0) is 27.9. The molecular formula is C27H30N4O6S. The van der Waals surface area contributed by atoms with Gasteiger partial charge in [0.25, 0.3) is 10.0 Å². The molecule has 0 saturated heterocycles. The zero-order valence-electron chi connectivity index (χ0n) is 21.7. The van der Waals surface area contributed by atoms with Gasteiger partial charge in [-0.1, -0.05) is 34.7 Å². The Balaban J connectivity index is 1.86. The van der Waals surface area contributed by atoms with Crippen molar-refractivity contribution in [1.29, 1.82) is 5.26 Å². The molecule has 0 saturated carbocycles. The van der Waals surface area contributed by atoms with Crippen LogP contribution in [-0.4, -0.2) is 47.9 Å². The summed E-state index contributed by atoms with van der Waals surface area (Å²) < 4.78 is 39.0. The lowest BCUT2D eigenvalue weighted by Crippen LogP contribution is -2.51. The Morgan fingerprint density at radius 2 is 1.84 bits per heavy atom. The van der Waals surface area contributed by atoms with Gasteiger partial charge in [-0.3, -0.25) is 20.0 Å². The molecule has 3 aromatic rings. The van der Waals surface area contributed by atoms with E-state index >= 15 is 0 Å². The highest BCUT2D eigenvalue weighted by Crippen LogP contribution is 2.28. The minimum absolute atomic E-state index is 0.0372. The van der Waals surface area contributed by atoms with E-state index < -0.39 is 40.0 Å². The lowest BCUT2D eigenvalue weighted by Gasteiger charge is -2.27. The monoisotopic (exact) mass is 538 g/mol. The Kier molecular flexibility index (Phi) is 9.04. The maximum Gasteiger partial charge on any atom is 0.309 e. The van der Waals surface area contributed by atoms with E-state index in [-0.39, 0.29) is 17.3 Å². The molecule has 0 aliphatic heterocycles. The van der Waals surface area contributed by atoms with Crippen LogP contribution in [-0.2, 0) is 30.8 Å². The number of fused-ring (bicyclic) bond motifs is 1. The molecule has 3 rings (SSSR count). The molecule has 0 bridgehead atoms. The van der Waals surface area contributed by atoms with E-state index in [0.717, 1.165) is 23.4 Å². The van der Waals surface area contributed by atoms with Crippen molar-refractivity contribution in [3.05, 3.63) is 66.4 Å². The summed E-state index contributed by atoms with van der Waals surface area (Å²) in [5.74, 6) is -1.49. The number of carbonyl (C=O) groups excluding carboxylic acids is 2. The number of ether oxygens (including phenoxy) is 2. The number of nitriles is 1. The SMILES string of the molecule is CC(=O)NN([C@H](C#N)CC(=O)OC(C)(C)C)S(=O)(=O)c1ccccc1OCCc1cccc2ncccc12. The Morgan fingerprint density at radius 3 is 2.53 bits per heavy atom. The van der Waals surface area contributed by atoms with E-state index in [2.05, 4.69) is 10.4 Å². The highest BCUT2D eigenvalue weighted by Gasteiger charge is 2.37. The van der Waals surface area contributed by atoms with Gasteiger partial charge in [0.05, 0.1) is 24.6 Å². The number of hydrazine groups is 1. The molecule has 1 aromatic heterocycles. The Labute approximate surface area is 222 Å². The first kappa shape index (κ1) is 28.6. The number of amides is 1. The van der Waals surface area contributed by atoms with Crippen molar-refractivity contribution in [1.82, 2.24) is 14.8 Å². The van der Waals surface area contributed by atoms with E-state index in [9.17, 15) is 23.3 Å². The van der Waals surface area contributed by atoms with Crippen molar-refractivity contribution in [2.75, 3.05) is 6.61 Å². The molecule has 0 spiro atoms. The van der Waals surface area contributed by atoms with Gasteiger partial charge in [0, 0.05) is 24.9 Å². The number of nitrogens with zero attached hydrogens (tertiary/aromatic N) is 3. The number of nitrogens with one attached hydrogen (secondary N) is 1. The molecule has 200 valence electrons. The first-order valence-corrected chi connectivity index (χ1v) is 13.3. The minimum Gasteiger partial charge on any atom is -0.492 e. The van der Waals surface area contributed by atoms with Gasteiger partial charge < -0.3 is 9.47 Å². The second-order valence-corrected chi connectivity index (χ2v) is 11.2. The second-order valence-electron chi connectivity index (χ2n) is 9.44. The van der Waals surface area contributed by atoms with Gasteiger partial charge in [0.15, 0.2) is 0 Å². The van der Waals surface area contributed by atoms with Crippen LogP contribution in [0.1, 0.15) is 39.7 Å². The van der Waals surface area contributed by atoms with E-state index in [0.29, 0.717) is 10.8 Å². The van der Waals surface area contributed by atoms with Crippen LogP contribution in [0.2, 0.25) is 0 Å². The third-order valence-electron chi connectivity index (χ3n) is 5.23. The predicted molar refractivity (Wildman–Crippen MR) is 140 cm³/mol. The normalized spacial score (nSPS) is 12.5. The Bertz CT molecular complexity index is 1450. The maximum atomic E-state index is 13.7. The quantitative estimate of drug-likeness (QED) is 0.306. The van der Waals surface area contributed by atoms with Crippen LogP contribution in [0.4, 0.5) is 0 Å². The molecular weight excluding hydrogens is 508 g/mol. The number of carbonyl (C=O) groups is 2. The first-order chi connectivity index (χ1) is 17.9. The van der Waals surface area contributed by atoms with Gasteiger partial charge in [0.1, 0.15) is 22.3 Å². The molecule has 0 aliphatic carbocycles. The summed E-state index contributed by atoms with van der Waals surface area (Å²) >= 11 is 0. The Hall–Kier alpha value is -4.01. The van der Waals surface area contributed by atoms with E-state index in [4.69, 9.17) is 9.47 Å². The number of pyridine rings is 1. The van der Waals surface area contributed by atoms with Crippen molar-refractivity contribution in [2.24, 2.45) is 0 Å². The van der Waals surface area contributed by atoms with Crippen LogP contribution in [0.15, 0.2) is 65.7 Å². The zero-order valence-corrected chi connectivity index (χ0v) is 22.5. The third-order valence-corrected chi connectivity index (χ3v) is 6.99. The van der Waals surface area contributed by atoms with Gasteiger partial charge in [0.2, 0.25) is 5.91 Å². The molecule has 1 heterocycles. The second kappa shape index (κ2) is 12.0. The molecule has 0 fully saturated rings. The predicted octanol–water partition coefficient (Wildman–Crippen LogP) is 3.52. The highest BCUT2D eigenvalue weighted by atomic mass is 32.2. The third kappa shape index (κ3) is 7.27. The highest BCUT2D eigenvalue weighted by molar-refractivity contribution is 7.89. The fourth-order valence-electron chi connectivity index (χ4n) is 3.73. The molecule has 1 atom stereocenters. The Morgan fingerprint density at radius 1 is 1.11 bits per heavy atom. The molecule has 1 amide bonds. The van der Waals surface area contributed by atoms with E-state index in [1.807, 2.05) is 30.3 Å². The van der Waals surface area contributed by atoms with Crippen LogP contribution < -0.4 is 10.2 Å². The molecule has 11 heteroatoms. The van der Waals surface area contributed by atoms with Crippen molar-refractivity contribution >= 4 is 32.8 Å². The summed E-state index contributed by atoms with van der Waals surface area (Å²) in [6.07, 6.45) is 1.60. The summed E-state index contributed by atoms with van der Waals surface area (Å²) in [5.41, 5.74) is 3.17. The molecule has 1 N–H and O–H groups in total. The van der Waals surface area contributed by atoms with Crippen LogP contribution in [0.5, 0.6) is 5.75 Å². The van der Waals surface area contributed by atoms with Crippen molar-refractivity contribution in [2.45, 2.75) is 57.1 Å². The van der Waals surface area contributed by atoms with E-state index in [1.54, 1.807) is 39.1 Å². The largest absolute Gasteiger partial charge is 0.492 e. The van der Waals surface area contributed by atoms with Gasteiger partial charge in [-0.25, -0.2) is 8.42 Å². The van der Waals surface area contributed by atoms with Gasteiger partial charge in [-0.2, -0.15) is 5.26 Å². The van der Waals surface area contributed by atoms with Crippen LogP contribution in [0.25, 0.3) is 10.9 Å². The van der Waals surface area contributed by atoms with Crippen LogP contribution in [0.3, 0.4) is 0 Å². The number of rotatable bonds is 10. The maximum absolute atomic E-state index is 13.7. The average molecular weight is 539 g/mol. The van der Waals surface area contributed by atoms with Gasteiger partial charge >= 0.3 is 5.97 Å². The lowest BCUT2D eigenvalue weighted by atomic mass is 10.1. The van der Waals surface area contributed by atoms with Crippen LogP contribution in [0, 0.1) is 11.3 Å². The van der Waals surface area contributed by atoms with Crippen LogP contribution >= 0.6 is 0 Å². The topological polar surface area (TPSA) is 139 Å². The standard InChI is InChI=1S/C27H30N4O6S/c1-19(32)30-31(21(18-28)17-26(33)37-27(2,3)4)38(34,35)25-13-6-5-12-24(25)36-16-14-20-9-7-11-23-22(20)10-8-15-29-23/h5-13,15,21H,14,16-17H2,1-4H3,(H,30,32)/t21-/m0/s1. The fraction of sp³-hybridized carbons (Fsp3) is 0.333. The molecule has 0 unspecified atom stereocenters. The smallest absolute Gasteiger partial charge is 0.309 e. The number of benzene rings is 2. The summed E-state index contributed by atoms with van der Waals surface area (Å²) in [4.78, 5) is 28.4. The number of hydrogen-bond donors (Lipinski definition) is 1. The van der Waals surface area contributed by atoms with E-state index in [1.165, 1.54) is 18.2 Å². The minimum atomic E-state index is -4.52. The lowest BCUT2D eigenvalue weighted by molar-refractivity contribution is -0.155. The number of esters is 1. The van der Waals surface area contributed by atoms with Crippen molar-refractivity contribution in [3.8, 4) is 11.8 Å². The van der Waals surface area contributed by atoms with Gasteiger partial charge in [-0.05, 0) is 50.6 Å². The molecule has 10 nitrogen and oxygen atoms in total. The molecule has 0 radical (unpaired) electrons. The molecule has 38 heavy (non-hydrogen) atoms. The summed E-state index contributed by atoms with van der Waals surface area (Å²) in [5, 5.41) is 10.7. The fourth-order valence-corrected chi connectivity index (χ4v) is 5.28. The first-order valence-electron chi connectivity index (χ1n) is 11.9. The van der Waals surface area contributed by atoms with Gasteiger partial charge in [-0.15, -0.1) is 0 Å². The number of sulfonamides is 1. The molecule has 2 aromatic carbocycles. The number of aromatic nitrogens is 1.